The maximum atomic E-state index is 12.8. The van der Waals surface area contributed by atoms with Crippen LogP contribution in [-0.2, 0) is 11.2 Å². The number of nitrogens with zero attached hydrogens (tertiary/aromatic N) is 1. The summed E-state index contributed by atoms with van der Waals surface area (Å²) in [6.45, 7) is 1.11. The second kappa shape index (κ2) is 8.73. The number of pyridine rings is 1. The standard InChI is InChI=1S/C20H24N2O5/c1-24-17-9-14(10-18(25-2)19(17)26-3)20(23)22-16-12-27-11-15(16)8-13-4-6-21-7-5-13/h4-7,9-10,15-16H,8,11-12H2,1-3H3,(H,22,23)/t15-,16+/m1/s1. The highest BCUT2D eigenvalue weighted by atomic mass is 16.5. The van der Waals surface area contributed by atoms with E-state index in [-0.39, 0.29) is 17.9 Å². The third kappa shape index (κ3) is 4.31. The Balaban J connectivity index is 1.74. The van der Waals surface area contributed by atoms with Gasteiger partial charge in [-0.1, -0.05) is 0 Å². The number of methoxy groups -OCH3 is 3. The Bertz CT molecular complexity index is 756. The predicted octanol–water partition coefficient (Wildman–Crippen LogP) is 2.09. The number of carbonyl (C=O) groups excluding carboxylic acids is 1. The molecule has 3 rings (SSSR count). The van der Waals surface area contributed by atoms with E-state index in [4.69, 9.17) is 18.9 Å². The normalized spacial score (nSPS) is 18.8. The highest BCUT2D eigenvalue weighted by molar-refractivity contribution is 5.95. The molecule has 1 saturated heterocycles. The SMILES string of the molecule is COc1cc(C(=O)N[C@H]2COC[C@H]2Cc2ccncc2)cc(OC)c1OC. The molecule has 1 aromatic carbocycles. The maximum absolute atomic E-state index is 12.8. The van der Waals surface area contributed by atoms with E-state index < -0.39 is 0 Å². The molecule has 1 aliphatic rings. The molecule has 2 aromatic rings. The van der Waals surface area contributed by atoms with Crippen LogP contribution < -0.4 is 19.5 Å². The van der Waals surface area contributed by atoms with Crippen molar-refractivity contribution in [2.45, 2.75) is 12.5 Å². The minimum Gasteiger partial charge on any atom is -0.493 e. The number of benzene rings is 1. The lowest BCUT2D eigenvalue weighted by atomic mass is 9.95. The second-order valence-electron chi connectivity index (χ2n) is 6.35. The van der Waals surface area contributed by atoms with Crippen molar-refractivity contribution < 1.29 is 23.7 Å². The minimum absolute atomic E-state index is 0.0650. The first kappa shape index (κ1) is 19.0. The maximum Gasteiger partial charge on any atom is 0.251 e. The third-order valence-corrected chi connectivity index (χ3v) is 4.69. The highest BCUT2D eigenvalue weighted by Crippen LogP contribution is 2.38. The van der Waals surface area contributed by atoms with Crippen LogP contribution in [-0.4, -0.2) is 51.5 Å². The van der Waals surface area contributed by atoms with E-state index >= 15 is 0 Å². The topological polar surface area (TPSA) is 78.9 Å². The average Bonchev–Trinajstić information content (AvgIpc) is 3.13. The fraction of sp³-hybridized carbons (Fsp3) is 0.400. The van der Waals surface area contributed by atoms with E-state index in [0.717, 1.165) is 6.42 Å². The van der Waals surface area contributed by atoms with Gasteiger partial charge in [0.05, 0.1) is 40.6 Å². The van der Waals surface area contributed by atoms with E-state index in [1.807, 2.05) is 12.1 Å². The van der Waals surface area contributed by atoms with Crippen LogP contribution in [0.1, 0.15) is 15.9 Å². The number of hydrogen-bond donors (Lipinski definition) is 1. The average molecular weight is 372 g/mol. The first-order chi connectivity index (χ1) is 13.2. The molecule has 0 bridgehead atoms. The van der Waals surface area contributed by atoms with Crippen LogP contribution in [0.4, 0.5) is 0 Å². The van der Waals surface area contributed by atoms with Gasteiger partial charge in [-0.05, 0) is 36.2 Å². The van der Waals surface area contributed by atoms with Crippen molar-refractivity contribution in [3.8, 4) is 17.2 Å². The number of rotatable bonds is 7. The van der Waals surface area contributed by atoms with Gasteiger partial charge in [-0.25, -0.2) is 0 Å². The molecule has 144 valence electrons. The van der Waals surface area contributed by atoms with Crippen LogP contribution in [0, 0.1) is 5.92 Å². The van der Waals surface area contributed by atoms with Gasteiger partial charge in [0, 0.05) is 23.9 Å². The fourth-order valence-electron chi connectivity index (χ4n) is 3.24. The predicted molar refractivity (Wildman–Crippen MR) is 99.6 cm³/mol. The van der Waals surface area contributed by atoms with Crippen LogP contribution in [0.25, 0.3) is 0 Å². The molecule has 2 heterocycles. The smallest absolute Gasteiger partial charge is 0.251 e. The van der Waals surface area contributed by atoms with Gasteiger partial charge in [0.25, 0.3) is 5.91 Å². The molecule has 0 radical (unpaired) electrons. The van der Waals surface area contributed by atoms with Crippen LogP contribution >= 0.6 is 0 Å². The van der Waals surface area contributed by atoms with Crippen molar-refractivity contribution in [2.24, 2.45) is 5.92 Å². The summed E-state index contributed by atoms with van der Waals surface area (Å²) in [7, 11) is 4.57. The number of nitrogens with one attached hydrogen (secondary N) is 1. The summed E-state index contributed by atoms with van der Waals surface area (Å²) in [4.78, 5) is 16.8. The van der Waals surface area contributed by atoms with Crippen LogP contribution in [0.2, 0.25) is 0 Å². The number of ether oxygens (including phenoxy) is 4. The van der Waals surface area contributed by atoms with Crippen LogP contribution in [0.15, 0.2) is 36.7 Å². The fourth-order valence-corrected chi connectivity index (χ4v) is 3.24. The summed E-state index contributed by atoms with van der Waals surface area (Å²) >= 11 is 0. The molecule has 27 heavy (non-hydrogen) atoms. The monoisotopic (exact) mass is 372 g/mol. The molecule has 1 amide bonds. The van der Waals surface area contributed by atoms with Gasteiger partial charge in [-0.3, -0.25) is 9.78 Å². The van der Waals surface area contributed by atoms with Crippen molar-refractivity contribution in [3.05, 3.63) is 47.8 Å². The Kier molecular flexibility index (Phi) is 6.13. The Hall–Kier alpha value is -2.80. The lowest BCUT2D eigenvalue weighted by Crippen LogP contribution is -2.40. The first-order valence-corrected chi connectivity index (χ1v) is 8.73. The first-order valence-electron chi connectivity index (χ1n) is 8.73. The van der Waals surface area contributed by atoms with Gasteiger partial charge in [0.2, 0.25) is 5.75 Å². The zero-order valence-corrected chi connectivity index (χ0v) is 15.7. The summed E-state index contributed by atoms with van der Waals surface area (Å²) in [5, 5.41) is 3.07. The van der Waals surface area contributed by atoms with Gasteiger partial charge < -0.3 is 24.3 Å². The number of amides is 1. The minimum atomic E-state index is -0.204. The van der Waals surface area contributed by atoms with Crippen molar-refractivity contribution in [2.75, 3.05) is 34.5 Å². The van der Waals surface area contributed by atoms with Crippen molar-refractivity contribution in [3.63, 3.8) is 0 Å². The summed E-state index contributed by atoms with van der Waals surface area (Å²) < 4.78 is 21.6. The van der Waals surface area contributed by atoms with Crippen molar-refractivity contribution in [1.82, 2.24) is 10.3 Å². The van der Waals surface area contributed by atoms with Crippen LogP contribution in [0.5, 0.6) is 17.2 Å². The number of aromatic nitrogens is 1. The Morgan fingerprint density at radius 3 is 2.37 bits per heavy atom. The molecule has 0 aliphatic carbocycles. The zero-order chi connectivity index (χ0) is 19.2. The van der Waals surface area contributed by atoms with Gasteiger partial charge in [0.1, 0.15) is 0 Å². The highest BCUT2D eigenvalue weighted by Gasteiger charge is 2.30. The quantitative estimate of drug-likeness (QED) is 0.802. The number of carbonyl (C=O) groups is 1. The molecule has 7 heteroatoms. The van der Waals surface area contributed by atoms with E-state index in [2.05, 4.69) is 10.3 Å². The van der Waals surface area contributed by atoms with E-state index in [1.54, 1.807) is 24.5 Å². The van der Waals surface area contributed by atoms with Gasteiger partial charge >= 0.3 is 0 Å². The van der Waals surface area contributed by atoms with E-state index in [0.29, 0.717) is 36.0 Å². The molecule has 2 atom stereocenters. The Morgan fingerprint density at radius 1 is 1.11 bits per heavy atom. The molecule has 1 aliphatic heterocycles. The molecule has 7 nitrogen and oxygen atoms in total. The molecule has 1 N–H and O–H groups in total. The summed E-state index contributed by atoms with van der Waals surface area (Å²) in [6.07, 6.45) is 4.37. The Labute approximate surface area is 158 Å². The summed E-state index contributed by atoms with van der Waals surface area (Å²) in [5.41, 5.74) is 1.62. The molecule has 0 saturated carbocycles. The molecule has 1 aromatic heterocycles. The summed E-state index contributed by atoms with van der Waals surface area (Å²) in [6, 6.07) is 7.19. The molecular formula is C20H24N2O5. The van der Waals surface area contributed by atoms with Gasteiger partial charge in [-0.15, -0.1) is 0 Å². The number of hydrogen-bond acceptors (Lipinski definition) is 6. The van der Waals surface area contributed by atoms with Crippen molar-refractivity contribution in [1.29, 1.82) is 0 Å². The lowest BCUT2D eigenvalue weighted by Gasteiger charge is -2.20. The lowest BCUT2D eigenvalue weighted by molar-refractivity contribution is 0.0924. The van der Waals surface area contributed by atoms with Crippen LogP contribution in [0.3, 0.4) is 0 Å². The summed E-state index contributed by atoms with van der Waals surface area (Å²) in [5.74, 6) is 1.34. The zero-order valence-electron chi connectivity index (χ0n) is 15.7. The molecular weight excluding hydrogens is 348 g/mol. The largest absolute Gasteiger partial charge is 0.493 e. The molecule has 0 unspecified atom stereocenters. The van der Waals surface area contributed by atoms with Crippen molar-refractivity contribution >= 4 is 5.91 Å². The van der Waals surface area contributed by atoms with E-state index in [1.165, 1.54) is 26.9 Å². The van der Waals surface area contributed by atoms with Gasteiger partial charge in [0.15, 0.2) is 11.5 Å². The van der Waals surface area contributed by atoms with E-state index in [9.17, 15) is 4.79 Å². The van der Waals surface area contributed by atoms with Gasteiger partial charge in [-0.2, -0.15) is 0 Å². The third-order valence-electron chi connectivity index (χ3n) is 4.69. The Morgan fingerprint density at radius 2 is 1.78 bits per heavy atom. The molecule has 0 spiro atoms. The molecule has 1 fully saturated rings. The second-order valence-corrected chi connectivity index (χ2v) is 6.35.